The van der Waals surface area contributed by atoms with Crippen molar-refractivity contribution in [2.75, 3.05) is 31.5 Å². The highest BCUT2D eigenvalue weighted by Gasteiger charge is 2.30. The highest BCUT2D eigenvalue weighted by Crippen LogP contribution is 2.16. The number of anilines is 1. The predicted octanol–water partition coefficient (Wildman–Crippen LogP) is 2.72. The van der Waals surface area contributed by atoms with E-state index in [2.05, 4.69) is 12.2 Å². The van der Waals surface area contributed by atoms with Gasteiger partial charge < -0.3 is 5.32 Å². The maximum Gasteiger partial charge on any atom is 0.241 e. The van der Waals surface area contributed by atoms with Crippen molar-refractivity contribution in [1.82, 2.24) is 9.21 Å². The summed E-state index contributed by atoms with van der Waals surface area (Å²) in [6.45, 7) is 5.84. The second-order valence-electron chi connectivity index (χ2n) is 7.39. The average Bonchev–Trinajstić information content (AvgIpc) is 2.74. The molecule has 0 unspecified atom stereocenters. The van der Waals surface area contributed by atoms with Crippen LogP contribution in [-0.4, -0.2) is 55.8 Å². The Morgan fingerprint density at radius 2 is 1.59 bits per heavy atom. The first kappa shape index (κ1) is 21.5. The molecule has 2 aromatic carbocycles. The van der Waals surface area contributed by atoms with Crippen LogP contribution in [0.5, 0.6) is 0 Å². The largest absolute Gasteiger partial charge is 0.325 e. The predicted molar refractivity (Wildman–Crippen MR) is 116 cm³/mol. The molecule has 1 N–H and O–H groups in total. The first-order chi connectivity index (χ1) is 13.9. The van der Waals surface area contributed by atoms with Crippen molar-refractivity contribution < 1.29 is 13.2 Å². The van der Waals surface area contributed by atoms with Gasteiger partial charge in [-0.3, -0.25) is 9.69 Å². The first-order valence-corrected chi connectivity index (χ1v) is 11.7. The summed E-state index contributed by atoms with van der Waals surface area (Å²) in [6.07, 6.45) is 0.960. The fraction of sp³-hybridized carbons (Fsp3) is 0.409. The van der Waals surface area contributed by atoms with Crippen LogP contribution in [0.15, 0.2) is 54.6 Å². The highest BCUT2D eigenvalue weighted by atomic mass is 32.2. The summed E-state index contributed by atoms with van der Waals surface area (Å²) in [5.74, 6) is -0.0627. The Balaban J connectivity index is 1.53. The number of hydrogen-bond acceptors (Lipinski definition) is 4. The molecule has 0 radical (unpaired) electrons. The SMILES string of the molecule is CCc1ccc(NC(=O)[C@H](C)N2CCN(S(=O)(=O)Cc3ccccc3)CC2)cc1. The molecular weight excluding hydrogens is 386 g/mol. The van der Waals surface area contributed by atoms with Crippen LogP contribution in [0.25, 0.3) is 0 Å². The summed E-state index contributed by atoms with van der Waals surface area (Å²) in [5, 5.41) is 2.95. The molecule has 29 heavy (non-hydrogen) atoms. The van der Waals surface area contributed by atoms with Crippen molar-refractivity contribution in [1.29, 1.82) is 0 Å². The van der Waals surface area contributed by atoms with Crippen LogP contribution in [0.2, 0.25) is 0 Å². The Kier molecular flexibility index (Phi) is 7.05. The van der Waals surface area contributed by atoms with Crippen molar-refractivity contribution >= 4 is 21.6 Å². The van der Waals surface area contributed by atoms with E-state index in [9.17, 15) is 13.2 Å². The van der Waals surface area contributed by atoms with Crippen molar-refractivity contribution in [2.45, 2.75) is 32.1 Å². The van der Waals surface area contributed by atoms with Crippen LogP contribution in [0, 0.1) is 0 Å². The number of aryl methyl sites for hydroxylation is 1. The summed E-state index contributed by atoms with van der Waals surface area (Å²) >= 11 is 0. The van der Waals surface area contributed by atoms with Gasteiger partial charge >= 0.3 is 0 Å². The van der Waals surface area contributed by atoms with Gasteiger partial charge in [-0.2, -0.15) is 4.31 Å². The maximum atomic E-state index is 12.7. The number of hydrogen-bond donors (Lipinski definition) is 1. The molecule has 0 saturated carbocycles. The smallest absolute Gasteiger partial charge is 0.241 e. The zero-order valence-corrected chi connectivity index (χ0v) is 17.9. The fourth-order valence-corrected chi connectivity index (χ4v) is 5.00. The number of piperazine rings is 1. The lowest BCUT2D eigenvalue weighted by molar-refractivity contribution is -0.121. The Morgan fingerprint density at radius 3 is 2.17 bits per heavy atom. The maximum absolute atomic E-state index is 12.7. The van der Waals surface area contributed by atoms with Gasteiger partial charge in [-0.15, -0.1) is 0 Å². The summed E-state index contributed by atoms with van der Waals surface area (Å²) in [7, 11) is -3.35. The monoisotopic (exact) mass is 415 g/mol. The lowest BCUT2D eigenvalue weighted by Gasteiger charge is -2.36. The van der Waals surface area contributed by atoms with Crippen molar-refractivity contribution in [3.8, 4) is 0 Å². The van der Waals surface area contributed by atoms with Crippen LogP contribution in [0.1, 0.15) is 25.0 Å². The lowest BCUT2D eigenvalue weighted by atomic mass is 10.1. The number of amides is 1. The van der Waals surface area contributed by atoms with Crippen molar-refractivity contribution in [2.24, 2.45) is 0 Å². The van der Waals surface area contributed by atoms with Crippen LogP contribution in [0.3, 0.4) is 0 Å². The van der Waals surface area contributed by atoms with E-state index in [0.29, 0.717) is 26.2 Å². The molecule has 0 aliphatic carbocycles. The molecule has 1 aliphatic rings. The van der Waals surface area contributed by atoms with Crippen molar-refractivity contribution in [3.63, 3.8) is 0 Å². The number of nitrogens with zero attached hydrogens (tertiary/aromatic N) is 2. The molecule has 3 rings (SSSR count). The minimum atomic E-state index is -3.35. The van der Waals surface area contributed by atoms with E-state index in [1.165, 1.54) is 9.87 Å². The second kappa shape index (κ2) is 9.52. The molecule has 7 heteroatoms. The number of rotatable bonds is 7. The normalized spacial score (nSPS) is 17.0. The highest BCUT2D eigenvalue weighted by molar-refractivity contribution is 7.88. The molecule has 1 heterocycles. The number of nitrogens with one attached hydrogen (secondary N) is 1. The van der Waals surface area contributed by atoms with E-state index in [1.54, 1.807) is 0 Å². The summed E-state index contributed by atoms with van der Waals surface area (Å²) in [4.78, 5) is 14.6. The Labute approximate surface area is 173 Å². The first-order valence-electron chi connectivity index (χ1n) is 10.0. The third-order valence-electron chi connectivity index (χ3n) is 5.42. The van der Waals surface area contributed by atoms with Crippen LogP contribution in [-0.2, 0) is 27.0 Å². The number of benzene rings is 2. The molecule has 1 saturated heterocycles. The fourth-order valence-electron chi connectivity index (χ4n) is 3.48. The Morgan fingerprint density at radius 1 is 0.966 bits per heavy atom. The topological polar surface area (TPSA) is 69.7 Å². The Hall–Kier alpha value is -2.22. The van der Waals surface area contributed by atoms with E-state index in [4.69, 9.17) is 0 Å². The molecule has 2 aromatic rings. The van der Waals surface area contributed by atoms with Gasteiger partial charge in [0.15, 0.2) is 0 Å². The zero-order chi connectivity index (χ0) is 20.9. The van der Waals surface area contributed by atoms with Crippen LogP contribution in [0.4, 0.5) is 5.69 Å². The quantitative estimate of drug-likeness (QED) is 0.755. The zero-order valence-electron chi connectivity index (χ0n) is 17.0. The number of carbonyl (C=O) groups is 1. The molecule has 1 atom stereocenters. The molecular formula is C22H29N3O3S. The molecule has 1 fully saturated rings. The van der Waals surface area contributed by atoms with E-state index in [0.717, 1.165) is 17.7 Å². The van der Waals surface area contributed by atoms with Gasteiger partial charge in [-0.05, 0) is 36.6 Å². The third kappa shape index (κ3) is 5.65. The minimum Gasteiger partial charge on any atom is -0.325 e. The average molecular weight is 416 g/mol. The molecule has 0 bridgehead atoms. The van der Waals surface area contributed by atoms with E-state index < -0.39 is 10.0 Å². The standard InChI is InChI=1S/C22H29N3O3S/c1-3-19-9-11-21(12-10-19)23-22(26)18(2)24-13-15-25(16-14-24)29(27,28)17-20-7-5-4-6-8-20/h4-12,18H,3,13-17H2,1-2H3,(H,23,26)/t18-/m0/s1. The van der Waals surface area contributed by atoms with Gasteiger partial charge in [0.05, 0.1) is 11.8 Å². The summed E-state index contributed by atoms with van der Waals surface area (Å²) in [6, 6.07) is 16.7. The van der Waals surface area contributed by atoms with E-state index >= 15 is 0 Å². The van der Waals surface area contributed by atoms with Gasteiger partial charge in [0.25, 0.3) is 0 Å². The van der Waals surface area contributed by atoms with Gasteiger partial charge in [0, 0.05) is 31.9 Å². The van der Waals surface area contributed by atoms with Gasteiger partial charge in [-0.25, -0.2) is 8.42 Å². The molecule has 156 valence electrons. The van der Waals surface area contributed by atoms with Crippen LogP contribution < -0.4 is 5.32 Å². The summed E-state index contributed by atoms with van der Waals surface area (Å²) < 4.78 is 26.9. The van der Waals surface area contributed by atoms with E-state index in [1.807, 2.05) is 66.4 Å². The van der Waals surface area contributed by atoms with Crippen LogP contribution >= 0.6 is 0 Å². The lowest BCUT2D eigenvalue weighted by Crippen LogP contribution is -2.54. The molecule has 1 amide bonds. The third-order valence-corrected chi connectivity index (χ3v) is 7.27. The van der Waals surface area contributed by atoms with E-state index in [-0.39, 0.29) is 17.7 Å². The molecule has 0 aromatic heterocycles. The van der Waals surface area contributed by atoms with Gasteiger partial charge in [0.1, 0.15) is 0 Å². The minimum absolute atomic E-state index is 0.0115. The summed E-state index contributed by atoms with van der Waals surface area (Å²) in [5.41, 5.74) is 2.80. The van der Waals surface area contributed by atoms with Gasteiger partial charge in [-0.1, -0.05) is 49.4 Å². The van der Waals surface area contributed by atoms with Gasteiger partial charge in [0.2, 0.25) is 15.9 Å². The molecule has 0 spiro atoms. The van der Waals surface area contributed by atoms with Crippen molar-refractivity contribution in [3.05, 3.63) is 65.7 Å². The number of sulfonamides is 1. The molecule has 1 aliphatic heterocycles. The molecule has 6 nitrogen and oxygen atoms in total. The number of carbonyl (C=O) groups excluding carboxylic acids is 1. The Bertz CT molecular complexity index is 906. The second-order valence-corrected chi connectivity index (χ2v) is 9.36.